The molecule has 0 aromatic heterocycles. The van der Waals surface area contributed by atoms with E-state index in [0.29, 0.717) is 29.6 Å². The third kappa shape index (κ3) is 3.71. The molecule has 0 spiro atoms. The van der Waals surface area contributed by atoms with Gasteiger partial charge in [0.25, 0.3) is 11.8 Å². The number of rotatable bonds is 5. The van der Waals surface area contributed by atoms with E-state index in [1.54, 1.807) is 6.07 Å². The van der Waals surface area contributed by atoms with E-state index < -0.39 is 36.7 Å². The van der Waals surface area contributed by atoms with Crippen molar-refractivity contribution in [3.63, 3.8) is 0 Å². The number of nitrogens with zero attached hydrogens (tertiary/aromatic N) is 1. The molecule has 154 valence electrons. The molecule has 0 saturated carbocycles. The average Bonchev–Trinajstić information content (AvgIpc) is 2.96. The molecule has 8 nitrogen and oxygen atoms in total. The topological polar surface area (TPSA) is 99.2 Å². The minimum Gasteiger partial charge on any atom is -0.486 e. The summed E-state index contributed by atoms with van der Waals surface area (Å²) in [6.07, 6.45) is 0. The van der Waals surface area contributed by atoms with Crippen molar-refractivity contribution >= 4 is 46.8 Å². The number of carbonyl (C=O) groups excluding carboxylic acids is 4. The van der Waals surface area contributed by atoms with Crippen molar-refractivity contribution in [1.82, 2.24) is 4.90 Å². The van der Waals surface area contributed by atoms with Crippen molar-refractivity contribution in [2.75, 3.05) is 26.4 Å². The number of esters is 1. The van der Waals surface area contributed by atoms with Gasteiger partial charge in [-0.25, -0.2) is 0 Å². The fourth-order valence-electron chi connectivity index (χ4n) is 3.05. The maximum atomic E-state index is 12.4. The first kappa shape index (κ1) is 20.2. The Morgan fingerprint density at radius 2 is 1.53 bits per heavy atom. The molecule has 0 atom stereocenters. The Kier molecular flexibility index (Phi) is 5.36. The van der Waals surface area contributed by atoms with Crippen LogP contribution in [0.15, 0.2) is 30.3 Å². The number of Topliss-reactive ketones (excluding diaryl/α,β-unsaturated/α-hetero) is 1. The number of hydrogen-bond acceptors (Lipinski definition) is 7. The molecule has 2 aromatic rings. The van der Waals surface area contributed by atoms with Gasteiger partial charge >= 0.3 is 5.97 Å². The zero-order chi connectivity index (χ0) is 21.4. The third-order valence-corrected chi connectivity index (χ3v) is 5.25. The number of amides is 2. The van der Waals surface area contributed by atoms with Crippen LogP contribution in [-0.4, -0.2) is 54.8 Å². The number of halogens is 2. The molecule has 0 aliphatic carbocycles. The van der Waals surface area contributed by atoms with Gasteiger partial charge in [0.15, 0.2) is 23.9 Å². The second kappa shape index (κ2) is 7.97. The van der Waals surface area contributed by atoms with Crippen LogP contribution in [0.25, 0.3) is 0 Å². The summed E-state index contributed by atoms with van der Waals surface area (Å²) in [4.78, 5) is 50.0. The lowest BCUT2D eigenvalue weighted by Gasteiger charge is -2.18. The van der Waals surface area contributed by atoms with E-state index in [9.17, 15) is 19.2 Å². The Morgan fingerprint density at radius 3 is 2.17 bits per heavy atom. The summed E-state index contributed by atoms with van der Waals surface area (Å²) in [6, 6.07) is 7.18. The minimum atomic E-state index is -0.910. The maximum Gasteiger partial charge on any atom is 0.326 e. The first-order valence-corrected chi connectivity index (χ1v) is 9.54. The van der Waals surface area contributed by atoms with E-state index in [1.807, 2.05) is 0 Å². The average molecular weight is 450 g/mol. The number of carbonyl (C=O) groups is 4. The molecule has 0 N–H and O–H groups in total. The summed E-state index contributed by atoms with van der Waals surface area (Å²) < 4.78 is 15.7. The highest BCUT2D eigenvalue weighted by Crippen LogP contribution is 2.32. The van der Waals surface area contributed by atoms with Crippen LogP contribution in [0.1, 0.15) is 31.1 Å². The number of fused-ring (bicyclic) bond motifs is 2. The number of imide groups is 1. The molecule has 4 rings (SSSR count). The van der Waals surface area contributed by atoms with E-state index in [4.69, 9.17) is 37.4 Å². The summed E-state index contributed by atoms with van der Waals surface area (Å²) in [6.45, 7) is -0.403. The van der Waals surface area contributed by atoms with E-state index in [0.717, 1.165) is 0 Å². The van der Waals surface area contributed by atoms with Gasteiger partial charge in [0.1, 0.15) is 19.8 Å². The molecule has 10 heteroatoms. The maximum absolute atomic E-state index is 12.4. The first-order chi connectivity index (χ1) is 14.3. The lowest BCUT2D eigenvalue weighted by Crippen LogP contribution is -2.36. The Morgan fingerprint density at radius 1 is 0.933 bits per heavy atom. The van der Waals surface area contributed by atoms with Gasteiger partial charge in [0.2, 0.25) is 0 Å². The molecule has 2 aliphatic rings. The lowest BCUT2D eigenvalue weighted by atomic mass is 10.1. The summed E-state index contributed by atoms with van der Waals surface area (Å²) in [7, 11) is 0. The van der Waals surface area contributed by atoms with Crippen molar-refractivity contribution in [3.8, 4) is 11.5 Å². The zero-order valence-electron chi connectivity index (χ0n) is 15.3. The normalized spacial score (nSPS) is 14.5. The van der Waals surface area contributed by atoms with Gasteiger partial charge in [-0.3, -0.25) is 24.1 Å². The molecule has 30 heavy (non-hydrogen) atoms. The third-order valence-electron chi connectivity index (χ3n) is 4.53. The molecule has 0 unspecified atom stereocenters. The number of hydrogen-bond donors (Lipinski definition) is 0. The van der Waals surface area contributed by atoms with Gasteiger partial charge in [-0.1, -0.05) is 23.2 Å². The molecule has 2 amide bonds. The smallest absolute Gasteiger partial charge is 0.326 e. The SMILES string of the molecule is O=C(CN1C(=O)c2cc(Cl)c(Cl)cc2C1=O)OCC(=O)c1ccc2c(c1)OCCO2. The summed E-state index contributed by atoms with van der Waals surface area (Å²) in [5, 5.41) is 0.233. The highest BCUT2D eigenvalue weighted by atomic mass is 35.5. The molecule has 2 aliphatic heterocycles. The van der Waals surface area contributed by atoms with Gasteiger partial charge in [0, 0.05) is 5.56 Å². The van der Waals surface area contributed by atoms with E-state index in [1.165, 1.54) is 24.3 Å². The van der Waals surface area contributed by atoms with E-state index in [-0.39, 0.29) is 26.7 Å². The Hall–Kier alpha value is -3.10. The van der Waals surface area contributed by atoms with Gasteiger partial charge < -0.3 is 14.2 Å². The largest absolute Gasteiger partial charge is 0.486 e. The summed E-state index contributed by atoms with van der Waals surface area (Å²) >= 11 is 11.8. The van der Waals surface area contributed by atoms with Gasteiger partial charge in [-0.2, -0.15) is 0 Å². The van der Waals surface area contributed by atoms with Crippen molar-refractivity contribution < 1.29 is 33.4 Å². The van der Waals surface area contributed by atoms with Crippen LogP contribution in [0.3, 0.4) is 0 Å². The number of ether oxygens (including phenoxy) is 3. The molecule has 0 radical (unpaired) electrons. The van der Waals surface area contributed by atoms with Crippen LogP contribution in [0.4, 0.5) is 0 Å². The van der Waals surface area contributed by atoms with Crippen LogP contribution in [-0.2, 0) is 9.53 Å². The highest BCUT2D eigenvalue weighted by Gasteiger charge is 2.37. The van der Waals surface area contributed by atoms with Crippen LogP contribution in [0.2, 0.25) is 10.0 Å². The van der Waals surface area contributed by atoms with Gasteiger partial charge in [-0.05, 0) is 30.3 Å². The fraction of sp³-hybridized carbons (Fsp3) is 0.200. The molecule has 2 heterocycles. The van der Waals surface area contributed by atoms with Gasteiger partial charge in [0.05, 0.1) is 21.2 Å². The van der Waals surface area contributed by atoms with Crippen molar-refractivity contribution in [1.29, 1.82) is 0 Å². The monoisotopic (exact) mass is 449 g/mol. The predicted molar refractivity (Wildman–Crippen MR) is 105 cm³/mol. The van der Waals surface area contributed by atoms with E-state index in [2.05, 4.69) is 0 Å². The molecular formula is C20H13Cl2NO7. The number of benzene rings is 2. The molecular weight excluding hydrogens is 437 g/mol. The van der Waals surface area contributed by atoms with Crippen LogP contribution in [0.5, 0.6) is 11.5 Å². The standard InChI is InChI=1S/C20H13Cl2NO7/c21-13-6-11-12(7-14(13)22)20(27)23(19(11)26)8-18(25)30-9-15(24)10-1-2-16-17(5-10)29-4-3-28-16/h1-2,5-7H,3-4,8-9H2. The zero-order valence-corrected chi connectivity index (χ0v) is 16.8. The second-order valence-electron chi connectivity index (χ2n) is 6.45. The Labute approximate surface area is 180 Å². The van der Waals surface area contributed by atoms with Crippen LogP contribution < -0.4 is 9.47 Å². The van der Waals surface area contributed by atoms with Crippen molar-refractivity contribution in [3.05, 3.63) is 57.1 Å². The first-order valence-electron chi connectivity index (χ1n) is 8.79. The fourth-order valence-corrected chi connectivity index (χ4v) is 3.38. The minimum absolute atomic E-state index is 0.0505. The molecule has 0 saturated heterocycles. The summed E-state index contributed by atoms with van der Waals surface area (Å²) in [5.74, 6) is -1.80. The Balaban J connectivity index is 1.38. The van der Waals surface area contributed by atoms with E-state index >= 15 is 0 Å². The second-order valence-corrected chi connectivity index (χ2v) is 7.27. The quantitative estimate of drug-likeness (QED) is 0.393. The number of ketones is 1. The highest BCUT2D eigenvalue weighted by molar-refractivity contribution is 6.43. The molecule has 0 fully saturated rings. The van der Waals surface area contributed by atoms with Crippen LogP contribution >= 0.6 is 23.2 Å². The Bertz CT molecular complexity index is 1060. The lowest BCUT2D eigenvalue weighted by molar-refractivity contribution is -0.142. The van der Waals surface area contributed by atoms with Crippen molar-refractivity contribution in [2.24, 2.45) is 0 Å². The molecule has 2 aromatic carbocycles. The van der Waals surface area contributed by atoms with Gasteiger partial charge in [-0.15, -0.1) is 0 Å². The summed E-state index contributed by atoms with van der Waals surface area (Å²) in [5.41, 5.74) is 0.376. The molecule has 0 bridgehead atoms. The van der Waals surface area contributed by atoms with Crippen LogP contribution in [0, 0.1) is 0 Å². The predicted octanol–water partition coefficient (Wildman–Crippen LogP) is 2.79. The van der Waals surface area contributed by atoms with Crippen molar-refractivity contribution in [2.45, 2.75) is 0 Å².